The lowest BCUT2D eigenvalue weighted by Crippen LogP contribution is -2.31. The topological polar surface area (TPSA) is 95.6 Å². The zero-order valence-corrected chi connectivity index (χ0v) is 18.3. The minimum atomic E-state index is -0.599. The Balaban J connectivity index is 1.95. The van der Waals surface area contributed by atoms with Gasteiger partial charge in [0.25, 0.3) is 0 Å². The van der Waals surface area contributed by atoms with E-state index in [0.717, 1.165) is 5.56 Å². The van der Waals surface area contributed by atoms with Crippen LogP contribution in [0, 0.1) is 0 Å². The van der Waals surface area contributed by atoms with E-state index in [-0.39, 0.29) is 18.1 Å². The number of hydrogen-bond donors (Lipinski definition) is 1. The molecule has 2 aliphatic rings. The van der Waals surface area contributed by atoms with Gasteiger partial charge in [-0.25, -0.2) is 9.80 Å². The first-order valence-corrected chi connectivity index (χ1v) is 10.2. The summed E-state index contributed by atoms with van der Waals surface area (Å²) in [6, 6.07) is 13.3. The van der Waals surface area contributed by atoms with Gasteiger partial charge in [0.2, 0.25) is 0 Å². The molecule has 0 amide bonds. The summed E-state index contributed by atoms with van der Waals surface area (Å²) in [6.07, 6.45) is 1.83. The number of esters is 1. The van der Waals surface area contributed by atoms with Crippen molar-refractivity contribution in [1.29, 1.82) is 0 Å². The van der Waals surface area contributed by atoms with Crippen molar-refractivity contribution in [2.45, 2.75) is 20.5 Å². The maximum atomic E-state index is 12.9. The van der Waals surface area contributed by atoms with E-state index in [1.54, 1.807) is 6.92 Å². The molecule has 2 N–H and O–H groups in total. The number of methoxy groups -OCH3 is 1. The molecule has 0 unspecified atom stereocenters. The van der Waals surface area contributed by atoms with E-state index >= 15 is 0 Å². The summed E-state index contributed by atoms with van der Waals surface area (Å²) >= 11 is 0. The average Bonchev–Trinajstić information content (AvgIpc) is 2.82. The zero-order chi connectivity index (χ0) is 22.7. The molecular weight excluding hydrogens is 410 g/mol. The Bertz CT molecular complexity index is 1120. The number of carbonyl (C=O) groups excluding carboxylic acids is 1. The summed E-state index contributed by atoms with van der Waals surface area (Å²) in [4.78, 5) is 12.9. The van der Waals surface area contributed by atoms with Crippen molar-refractivity contribution in [2.75, 3.05) is 20.3 Å². The smallest absolute Gasteiger partial charge is 0.360 e. The van der Waals surface area contributed by atoms with E-state index in [9.17, 15) is 4.79 Å². The third-order valence-corrected chi connectivity index (χ3v) is 5.00. The molecule has 0 saturated carbocycles. The van der Waals surface area contributed by atoms with Crippen molar-refractivity contribution in [3.05, 3.63) is 70.9 Å². The first kappa shape index (κ1) is 21.3. The van der Waals surface area contributed by atoms with Crippen molar-refractivity contribution >= 4 is 23.3 Å². The number of ether oxygens (including phenoxy) is 4. The fourth-order valence-electron chi connectivity index (χ4n) is 3.69. The first-order chi connectivity index (χ1) is 15.5. The lowest BCUT2D eigenvalue weighted by molar-refractivity contribution is -0.137. The molecule has 2 aromatic carbocycles. The summed E-state index contributed by atoms with van der Waals surface area (Å²) in [5.74, 6) is 1.17. The van der Waals surface area contributed by atoms with Crippen LogP contribution in [0.5, 0.6) is 11.5 Å². The Labute approximate surface area is 186 Å². The number of benzene rings is 2. The molecule has 8 nitrogen and oxygen atoms in total. The quantitative estimate of drug-likeness (QED) is 0.436. The summed E-state index contributed by atoms with van der Waals surface area (Å²) in [6.45, 7) is 4.60. The summed E-state index contributed by atoms with van der Waals surface area (Å²) < 4.78 is 23.1. The third kappa shape index (κ3) is 3.87. The molecule has 0 saturated heterocycles. The number of amidine groups is 1. The van der Waals surface area contributed by atoms with Crippen molar-refractivity contribution < 1.29 is 23.7 Å². The van der Waals surface area contributed by atoms with Crippen LogP contribution in [0.25, 0.3) is 11.5 Å². The van der Waals surface area contributed by atoms with Gasteiger partial charge in [0.1, 0.15) is 25.7 Å². The van der Waals surface area contributed by atoms with Crippen LogP contribution < -0.4 is 15.2 Å². The first-order valence-electron chi connectivity index (χ1n) is 10.2. The molecule has 0 atom stereocenters. The normalized spacial score (nSPS) is 16.7. The van der Waals surface area contributed by atoms with Gasteiger partial charge < -0.3 is 24.7 Å². The molecule has 0 spiro atoms. The van der Waals surface area contributed by atoms with Gasteiger partial charge in [-0.05, 0) is 31.5 Å². The molecule has 166 valence electrons. The number of hydrogen-bond acceptors (Lipinski definition) is 7. The molecule has 2 aliphatic heterocycles. The van der Waals surface area contributed by atoms with Crippen molar-refractivity contribution in [2.24, 2.45) is 10.8 Å². The minimum absolute atomic E-state index is 0.130. The number of nitrogens with two attached hydrogens (primary N) is 1. The van der Waals surface area contributed by atoms with Crippen LogP contribution >= 0.6 is 0 Å². The number of allylic oxidation sites excluding steroid dienone is 1. The van der Waals surface area contributed by atoms with E-state index in [2.05, 4.69) is 5.10 Å². The fraction of sp³-hybridized carbons (Fsp3) is 0.250. The molecule has 4 rings (SSSR count). The van der Waals surface area contributed by atoms with Gasteiger partial charge in [0.05, 0.1) is 18.4 Å². The zero-order valence-electron chi connectivity index (χ0n) is 18.3. The van der Waals surface area contributed by atoms with Gasteiger partial charge in [-0.2, -0.15) is 5.10 Å². The van der Waals surface area contributed by atoms with Crippen LogP contribution in [0.3, 0.4) is 0 Å². The van der Waals surface area contributed by atoms with Gasteiger partial charge >= 0.3 is 5.97 Å². The third-order valence-electron chi connectivity index (χ3n) is 5.00. The Morgan fingerprint density at radius 1 is 1.19 bits per heavy atom. The van der Waals surface area contributed by atoms with Gasteiger partial charge in [0.15, 0.2) is 23.0 Å². The molecule has 2 heterocycles. The van der Waals surface area contributed by atoms with Crippen molar-refractivity contribution in [3.63, 3.8) is 0 Å². The van der Waals surface area contributed by atoms with E-state index in [0.29, 0.717) is 47.3 Å². The molecule has 0 bridgehead atoms. The second kappa shape index (κ2) is 9.05. The van der Waals surface area contributed by atoms with Crippen LogP contribution in [-0.4, -0.2) is 37.1 Å². The number of hydrazone groups is 1. The van der Waals surface area contributed by atoms with E-state index in [1.165, 1.54) is 12.1 Å². The molecule has 32 heavy (non-hydrogen) atoms. The monoisotopic (exact) mass is 435 g/mol. The fourth-order valence-corrected chi connectivity index (χ4v) is 3.69. The molecule has 0 aliphatic carbocycles. The van der Waals surface area contributed by atoms with Crippen molar-refractivity contribution in [1.82, 2.24) is 5.01 Å². The maximum Gasteiger partial charge on any atom is 0.360 e. The number of fused-ring (bicyclic) bond motifs is 3. The Kier molecular flexibility index (Phi) is 6.02. The second-order valence-electron chi connectivity index (χ2n) is 7.18. The summed E-state index contributed by atoms with van der Waals surface area (Å²) in [5.41, 5.74) is 9.01. The van der Waals surface area contributed by atoms with Gasteiger partial charge in [-0.1, -0.05) is 36.4 Å². The number of nitrogens with zero attached hydrogens (tertiary/aromatic N) is 2. The van der Waals surface area contributed by atoms with E-state index < -0.39 is 5.97 Å². The van der Waals surface area contributed by atoms with E-state index in [1.807, 2.05) is 55.5 Å². The van der Waals surface area contributed by atoms with Crippen molar-refractivity contribution in [3.8, 4) is 11.5 Å². The molecule has 2 aromatic rings. The molecule has 0 radical (unpaired) electrons. The standard InChI is InChI=1S/C24H25N3O5/c1-4-18-20-17(10-11-19-23(20)31-13-12-30-19)22(32-14-16-8-6-5-7-9-16)21(24(28)29-3)27(18)26-15(2)25/h4-11H,12-14H2,1-3H3,(H2,25,26)/b18-4+. The van der Waals surface area contributed by atoms with Crippen LogP contribution in [0.1, 0.15) is 30.5 Å². The molecule has 0 fully saturated rings. The highest BCUT2D eigenvalue weighted by atomic mass is 16.6. The Hall–Kier alpha value is -3.94. The second-order valence-corrected chi connectivity index (χ2v) is 7.18. The highest BCUT2D eigenvalue weighted by molar-refractivity contribution is 6.02. The molecule has 8 heteroatoms. The van der Waals surface area contributed by atoms with Gasteiger partial charge in [-0.15, -0.1) is 0 Å². The minimum Gasteiger partial charge on any atom is -0.486 e. The Morgan fingerprint density at radius 3 is 2.62 bits per heavy atom. The van der Waals surface area contributed by atoms with Crippen LogP contribution in [0.2, 0.25) is 0 Å². The maximum absolute atomic E-state index is 12.9. The highest BCUT2D eigenvalue weighted by Gasteiger charge is 2.38. The highest BCUT2D eigenvalue weighted by Crippen LogP contribution is 2.48. The lowest BCUT2D eigenvalue weighted by atomic mass is 9.95. The van der Waals surface area contributed by atoms with Gasteiger partial charge in [-0.3, -0.25) is 0 Å². The average molecular weight is 435 g/mol. The molecule has 0 aromatic heterocycles. The number of carbonyl (C=O) groups is 1. The SMILES string of the molecule is C/C=C1\c2c(ccc3c2OCCO3)C(OCc2ccccc2)=C(C(=O)OC)N1/N=C(\C)N. The largest absolute Gasteiger partial charge is 0.486 e. The summed E-state index contributed by atoms with van der Waals surface area (Å²) in [5, 5.41) is 5.86. The lowest BCUT2D eigenvalue weighted by Gasteiger charge is -2.34. The predicted octanol–water partition coefficient (Wildman–Crippen LogP) is 3.48. The van der Waals surface area contributed by atoms with E-state index in [4.69, 9.17) is 24.7 Å². The molecular formula is C24H25N3O5. The van der Waals surface area contributed by atoms with Crippen LogP contribution in [0.15, 0.2) is 59.3 Å². The van der Waals surface area contributed by atoms with Gasteiger partial charge in [0, 0.05) is 5.56 Å². The number of rotatable bonds is 5. The Morgan fingerprint density at radius 2 is 1.94 bits per heavy atom. The van der Waals surface area contributed by atoms with Crippen LogP contribution in [-0.2, 0) is 20.9 Å². The predicted molar refractivity (Wildman–Crippen MR) is 120 cm³/mol. The van der Waals surface area contributed by atoms with Crippen LogP contribution in [0.4, 0.5) is 0 Å². The summed E-state index contributed by atoms with van der Waals surface area (Å²) in [7, 11) is 1.32.